The van der Waals surface area contributed by atoms with Crippen LogP contribution in [0.25, 0.3) is 0 Å². The molecule has 2 aliphatic carbocycles. The molecule has 144 valence electrons. The van der Waals surface area contributed by atoms with Crippen molar-refractivity contribution in [1.82, 2.24) is 15.5 Å². The minimum atomic E-state index is 0. The molecule has 0 bridgehead atoms. The van der Waals surface area contributed by atoms with Gasteiger partial charge < -0.3 is 15.5 Å². The van der Waals surface area contributed by atoms with Crippen LogP contribution in [0.4, 0.5) is 0 Å². The molecule has 0 spiro atoms. The van der Waals surface area contributed by atoms with Crippen molar-refractivity contribution in [1.29, 1.82) is 0 Å². The first-order valence-electron chi connectivity index (χ1n) is 9.98. The normalized spacial score (nSPS) is 21.8. The maximum Gasteiger partial charge on any atom is 0.241 e. The Bertz CT molecular complexity index is 428. The largest absolute Gasteiger partial charge is 0.347 e. The predicted molar refractivity (Wildman–Crippen MR) is 102 cm³/mol. The summed E-state index contributed by atoms with van der Waals surface area (Å²) in [5, 5.41) is 6.45. The van der Waals surface area contributed by atoms with Gasteiger partial charge in [-0.2, -0.15) is 0 Å². The Hall–Kier alpha value is -0.810. The lowest BCUT2D eigenvalue weighted by Crippen LogP contribution is -2.48. The van der Waals surface area contributed by atoms with E-state index >= 15 is 0 Å². The summed E-state index contributed by atoms with van der Waals surface area (Å²) in [6.45, 7) is 2.96. The number of halogens is 1. The molecule has 3 aliphatic rings. The molecule has 1 saturated heterocycles. The molecule has 0 aromatic heterocycles. The number of rotatable bonds is 8. The highest BCUT2D eigenvalue weighted by Crippen LogP contribution is 2.28. The zero-order chi connectivity index (χ0) is 16.8. The van der Waals surface area contributed by atoms with Crippen LogP contribution in [0.15, 0.2) is 0 Å². The van der Waals surface area contributed by atoms with Gasteiger partial charge in [-0.05, 0) is 50.5 Å². The van der Waals surface area contributed by atoms with Gasteiger partial charge in [0.05, 0.1) is 6.54 Å². The SMILES string of the molecule is Cl.O=C(CCC1CCCC1)NCC(=O)N1CCC(NCC2CC2)CC1. The number of hydrogen-bond acceptors (Lipinski definition) is 3. The standard InChI is InChI=1S/C19H33N3O2.ClH/c23-18(8-7-15-3-1-2-4-15)21-14-19(24)22-11-9-17(10-12-22)20-13-16-5-6-16;/h15-17,20H,1-14H2,(H,21,23);1H. The fraction of sp³-hybridized carbons (Fsp3) is 0.895. The second kappa shape index (κ2) is 10.4. The summed E-state index contributed by atoms with van der Waals surface area (Å²) in [6, 6.07) is 0.565. The third-order valence-electron chi connectivity index (χ3n) is 5.93. The fourth-order valence-electron chi connectivity index (χ4n) is 4.00. The van der Waals surface area contributed by atoms with E-state index in [9.17, 15) is 9.59 Å². The van der Waals surface area contributed by atoms with Gasteiger partial charge in [-0.25, -0.2) is 0 Å². The lowest BCUT2D eigenvalue weighted by atomic mass is 10.0. The number of nitrogens with zero attached hydrogens (tertiary/aromatic N) is 1. The average molecular weight is 372 g/mol. The first kappa shape index (κ1) is 20.5. The summed E-state index contributed by atoms with van der Waals surface area (Å²) in [6.07, 6.45) is 11.6. The van der Waals surface area contributed by atoms with Crippen molar-refractivity contribution in [2.75, 3.05) is 26.2 Å². The minimum Gasteiger partial charge on any atom is -0.347 e. The lowest BCUT2D eigenvalue weighted by molar-refractivity contribution is -0.133. The topological polar surface area (TPSA) is 61.4 Å². The van der Waals surface area contributed by atoms with Crippen LogP contribution in [-0.2, 0) is 9.59 Å². The Morgan fingerprint density at radius 1 is 0.920 bits per heavy atom. The van der Waals surface area contributed by atoms with Crippen LogP contribution in [0.1, 0.15) is 64.2 Å². The Balaban J connectivity index is 0.00000225. The summed E-state index contributed by atoms with van der Waals surface area (Å²) in [5.41, 5.74) is 0. The Labute approximate surface area is 158 Å². The summed E-state index contributed by atoms with van der Waals surface area (Å²) < 4.78 is 0. The van der Waals surface area contributed by atoms with Crippen molar-refractivity contribution in [3.8, 4) is 0 Å². The third-order valence-corrected chi connectivity index (χ3v) is 5.93. The van der Waals surface area contributed by atoms with Crippen LogP contribution in [0.2, 0.25) is 0 Å². The van der Waals surface area contributed by atoms with E-state index in [4.69, 9.17) is 0 Å². The van der Waals surface area contributed by atoms with Gasteiger partial charge in [0, 0.05) is 25.6 Å². The third kappa shape index (κ3) is 7.14. The monoisotopic (exact) mass is 371 g/mol. The molecule has 3 rings (SSSR count). The summed E-state index contributed by atoms with van der Waals surface area (Å²) in [7, 11) is 0. The molecule has 1 aliphatic heterocycles. The maximum atomic E-state index is 12.2. The number of amides is 2. The van der Waals surface area contributed by atoms with Gasteiger partial charge in [0.15, 0.2) is 0 Å². The number of hydrogen-bond donors (Lipinski definition) is 2. The highest BCUT2D eigenvalue weighted by atomic mass is 35.5. The Morgan fingerprint density at radius 3 is 2.24 bits per heavy atom. The first-order valence-corrected chi connectivity index (χ1v) is 9.98. The Morgan fingerprint density at radius 2 is 1.60 bits per heavy atom. The number of carbonyl (C=O) groups excluding carboxylic acids is 2. The van der Waals surface area contributed by atoms with Crippen LogP contribution in [0, 0.1) is 11.8 Å². The molecule has 0 radical (unpaired) electrons. The molecule has 6 heteroatoms. The van der Waals surface area contributed by atoms with Crippen LogP contribution in [0.5, 0.6) is 0 Å². The minimum absolute atomic E-state index is 0. The molecule has 3 fully saturated rings. The molecule has 0 atom stereocenters. The summed E-state index contributed by atoms with van der Waals surface area (Å²) >= 11 is 0. The van der Waals surface area contributed by atoms with Gasteiger partial charge in [-0.3, -0.25) is 9.59 Å². The van der Waals surface area contributed by atoms with Gasteiger partial charge in [-0.1, -0.05) is 25.7 Å². The first-order chi connectivity index (χ1) is 11.7. The van der Waals surface area contributed by atoms with Gasteiger partial charge in [0.1, 0.15) is 0 Å². The van der Waals surface area contributed by atoms with Gasteiger partial charge in [0.2, 0.25) is 11.8 Å². The van der Waals surface area contributed by atoms with E-state index in [0.717, 1.165) is 50.7 Å². The van der Waals surface area contributed by atoms with Crippen molar-refractivity contribution in [3.05, 3.63) is 0 Å². The van der Waals surface area contributed by atoms with E-state index in [-0.39, 0.29) is 30.8 Å². The van der Waals surface area contributed by atoms with E-state index in [1.54, 1.807) is 0 Å². The molecule has 25 heavy (non-hydrogen) atoms. The molecule has 0 aromatic carbocycles. The maximum absolute atomic E-state index is 12.2. The fourth-order valence-corrected chi connectivity index (χ4v) is 4.00. The van der Waals surface area contributed by atoms with E-state index < -0.39 is 0 Å². The van der Waals surface area contributed by atoms with Gasteiger partial charge in [0.25, 0.3) is 0 Å². The zero-order valence-corrected chi connectivity index (χ0v) is 16.1. The van der Waals surface area contributed by atoms with Crippen molar-refractivity contribution >= 4 is 24.2 Å². The highest BCUT2D eigenvalue weighted by molar-refractivity contribution is 5.85. The quantitative estimate of drug-likeness (QED) is 0.689. The molecule has 5 nitrogen and oxygen atoms in total. The van der Waals surface area contributed by atoms with Crippen LogP contribution in [-0.4, -0.2) is 48.9 Å². The van der Waals surface area contributed by atoms with E-state index in [1.165, 1.54) is 38.5 Å². The van der Waals surface area contributed by atoms with E-state index in [1.807, 2.05) is 4.90 Å². The highest BCUT2D eigenvalue weighted by Gasteiger charge is 2.26. The number of piperidine rings is 1. The molecular weight excluding hydrogens is 338 g/mol. The second-order valence-corrected chi connectivity index (χ2v) is 7.97. The molecule has 2 amide bonds. The number of carbonyl (C=O) groups is 2. The van der Waals surface area contributed by atoms with E-state index in [0.29, 0.717) is 12.5 Å². The lowest BCUT2D eigenvalue weighted by Gasteiger charge is -2.32. The van der Waals surface area contributed by atoms with Crippen molar-refractivity contribution in [2.45, 2.75) is 70.3 Å². The zero-order valence-electron chi connectivity index (χ0n) is 15.3. The molecule has 1 heterocycles. The molecule has 0 unspecified atom stereocenters. The van der Waals surface area contributed by atoms with Crippen molar-refractivity contribution in [3.63, 3.8) is 0 Å². The predicted octanol–water partition coefficient (Wildman–Crippen LogP) is 2.49. The van der Waals surface area contributed by atoms with Crippen LogP contribution < -0.4 is 10.6 Å². The van der Waals surface area contributed by atoms with Crippen molar-refractivity contribution in [2.24, 2.45) is 11.8 Å². The van der Waals surface area contributed by atoms with Gasteiger partial charge in [-0.15, -0.1) is 12.4 Å². The smallest absolute Gasteiger partial charge is 0.241 e. The molecule has 2 saturated carbocycles. The molecule has 0 aromatic rings. The summed E-state index contributed by atoms with van der Waals surface area (Å²) in [4.78, 5) is 26.0. The van der Waals surface area contributed by atoms with E-state index in [2.05, 4.69) is 10.6 Å². The second-order valence-electron chi connectivity index (χ2n) is 7.97. The number of nitrogens with one attached hydrogen (secondary N) is 2. The number of likely N-dealkylation sites (tertiary alicyclic amines) is 1. The van der Waals surface area contributed by atoms with Crippen molar-refractivity contribution < 1.29 is 9.59 Å². The average Bonchev–Trinajstić information content (AvgIpc) is 3.29. The molecule has 2 N–H and O–H groups in total. The summed E-state index contributed by atoms with van der Waals surface area (Å²) in [5.74, 6) is 1.75. The van der Waals surface area contributed by atoms with Gasteiger partial charge >= 0.3 is 0 Å². The molecular formula is C19H34ClN3O2. The van der Waals surface area contributed by atoms with Crippen LogP contribution in [0.3, 0.4) is 0 Å². The Kier molecular flexibility index (Phi) is 8.50. The van der Waals surface area contributed by atoms with Crippen LogP contribution >= 0.6 is 12.4 Å².